The molecule has 222 valence electrons. The highest BCUT2D eigenvalue weighted by molar-refractivity contribution is 7.54. The number of fused-ring (bicyclic) bond motifs is 1. The van der Waals surface area contributed by atoms with Gasteiger partial charge in [0.05, 0.1) is 17.1 Å². The van der Waals surface area contributed by atoms with Crippen molar-refractivity contribution in [2.24, 2.45) is 0 Å². The van der Waals surface area contributed by atoms with Crippen LogP contribution in [0.2, 0.25) is 0 Å². The van der Waals surface area contributed by atoms with Gasteiger partial charge in [-0.1, -0.05) is 19.9 Å². The van der Waals surface area contributed by atoms with Gasteiger partial charge in [0.15, 0.2) is 6.79 Å². The number of carbonyl (C=O) groups is 3. The number of halogens is 2. The molecule has 0 radical (unpaired) electrons. The van der Waals surface area contributed by atoms with Gasteiger partial charge in [-0.2, -0.15) is 8.78 Å². The molecule has 1 N–H and O–H groups in total. The summed E-state index contributed by atoms with van der Waals surface area (Å²) in [6.45, 7) is 9.31. The quantitative estimate of drug-likeness (QED) is 0.129. The number of hydrogen-bond acceptors (Lipinski definition) is 11. The molecule has 0 bridgehead atoms. The summed E-state index contributed by atoms with van der Waals surface area (Å²) in [4.78, 5) is 32.9. The lowest BCUT2D eigenvalue weighted by atomic mass is 10.1. The largest absolute Gasteiger partial charge is 0.510 e. The Bertz CT molecular complexity index is 1090. The van der Waals surface area contributed by atoms with Crippen LogP contribution in [0.25, 0.3) is 10.1 Å². The summed E-state index contributed by atoms with van der Waals surface area (Å²) < 4.78 is 71.4. The fraction of sp³-hybridized carbons (Fsp3) is 0.542. The Kier molecular flexibility index (Phi) is 16.6. The molecule has 0 spiro atoms. The maximum Gasteiger partial charge on any atom is 0.510 e. The second kappa shape index (κ2) is 17.9. The van der Waals surface area contributed by atoms with E-state index in [1.54, 1.807) is 27.7 Å². The zero-order chi connectivity index (χ0) is 30.2. The first kappa shape index (κ1) is 36.4. The van der Waals surface area contributed by atoms with Gasteiger partial charge in [0.25, 0.3) is 12.4 Å². The van der Waals surface area contributed by atoms with Crippen molar-refractivity contribution in [3.05, 3.63) is 34.7 Å². The topological polar surface area (TPSA) is 136 Å². The average molecular weight is 600 g/mol. The van der Waals surface area contributed by atoms with Gasteiger partial charge in [-0.05, 0) is 51.3 Å². The van der Waals surface area contributed by atoms with Crippen LogP contribution < -0.4 is 5.32 Å². The molecule has 1 atom stereocenters. The van der Waals surface area contributed by atoms with E-state index in [0.29, 0.717) is 21.4 Å². The minimum atomic E-state index is -5.21. The number of benzene rings is 1. The van der Waals surface area contributed by atoms with Crippen molar-refractivity contribution in [3.8, 4) is 0 Å². The van der Waals surface area contributed by atoms with Gasteiger partial charge in [0.1, 0.15) is 0 Å². The van der Waals surface area contributed by atoms with Crippen LogP contribution in [0.5, 0.6) is 0 Å². The maximum absolute atomic E-state index is 15.2. The molecule has 11 nitrogen and oxygen atoms in total. The molecular formula is C24H36F2NO10PS. The summed E-state index contributed by atoms with van der Waals surface area (Å²) in [6, 6.07) is 4.93. The van der Waals surface area contributed by atoms with Gasteiger partial charge in [0, 0.05) is 24.4 Å². The summed E-state index contributed by atoms with van der Waals surface area (Å²) in [5.74, 6) is -0.364. The van der Waals surface area contributed by atoms with Crippen molar-refractivity contribution in [2.45, 2.75) is 59.4 Å². The van der Waals surface area contributed by atoms with E-state index in [1.807, 2.05) is 13.8 Å². The molecule has 0 aliphatic heterocycles. The molecule has 1 aromatic carbocycles. The van der Waals surface area contributed by atoms with Crippen LogP contribution in [-0.2, 0) is 43.0 Å². The predicted octanol–water partition coefficient (Wildman–Crippen LogP) is 6.25. The molecule has 0 aliphatic rings. The van der Waals surface area contributed by atoms with Crippen LogP contribution in [0.15, 0.2) is 24.3 Å². The first-order chi connectivity index (χ1) is 18.3. The Morgan fingerprint density at radius 1 is 1.08 bits per heavy atom. The molecule has 0 saturated carbocycles. The molecule has 1 aromatic heterocycles. The Hall–Kier alpha value is -2.64. The van der Waals surface area contributed by atoms with E-state index in [-0.39, 0.29) is 12.0 Å². The normalized spacial score (nSPS) is 12.4. The van der Waals surface area contributed by atoms with Gasteiger partial charge < -0.3 is 24.3 Å². The fourth-order valence-electron chi connectivity index (χ4n) is 2.43. The van der Waals surface area contributed by atoms with E-state index < -0.39 is 44.7 Å². The number of carbonyl (C=O) groups excluding carboxylic acids is 3. The second-order valence-corrected chi connectivity index (χ2v) is 10.8. The van der Waals surface area contributed by atoms with Crippen molar-refractivity contribution in [1.82, 2.24) is 5.32 Å². The Morgan fingerprint density at radius 3 is 2.18 bits per heavy atom. The summed E-state index contributed by atoms with van der Waals surface area (Å²) in [6.07, 6.45) is -1.66. The Balaban J connectivity index is 0.00000159. The van der Waals surface area contributed by atoms with E-state index in [2.05, 4.69) is 24.3 Å². The number of alkyl halides is 2. The summed E-state index contributed by atoms with van der Waals surface area (Å²) in [7, 11) is -2.61. The van der Waals surface area contributed by atoms with E-state index in [0.717, 1.165) is 30.6 Å². The number of ether oxygens (including phenoxy) is 4. The number of hydrogen-bond donors (Lipinski definition) is 1. The lowest BCUT2D eigenvalue weighted by Crippen LogP contribution is -2.21. The number of methoxy groups -OCH3 is 1. The van der Waals surface area contributed by atoms with Gasteiger partial charge in [-0.15, -0.1) is 11.3 Å². The minimum absolute atomic E-state index is 0.0301. The Morgan fingerprint density at radius 2 is 1.69 bits per heavy atom. The average Bonchev–Trinajstić information content (AvgIpc) is 3.31. The number of thiophene rings is 1. The van der Waals surface area contributed by atoms with Crippen molar-refractivity contribution in [2.75, 3.05) is 27.7 Å². The van der Waals surface area contributed by atoms with Crippen LogP contribution in [-0.4, -0.2) is 58.5 Å². The number of amides is 1. The van der Waals surface area contributed by atoms with Gasteiger partial charge in [-0.3, -0.25) is 23.2 Å². The molecule has 1 unspecified atom stereocenters. The predicted molar refractivity (Wildman–Crippen MR) is 142 cm³/mol. The molecular weight excluding hydrogens is 563 g/mol. The lowest BCUT2D eigenvalue weighted by molar-refractivity contribution is -0.131. The Labute approximate surface area is 230 Å². The smallest absolute Gasteiger partial charge is 0.465 e. The highest BCUT2D eigenvalue weighted by atomic mass is 32.1. The first-order valence-corrected chi connectivity index (χ1v) is 14.1. The third-order valence-corrected chi connectivity index (χ3v) is 7.01. The van der Waals surface area contributed by atoms with Crippen LogP contribution in [0.3, 0.4) is 0 Å². The number of nitrogens with one attached hydrogen (secondary N) is 1. The zero-order valence-corrected chi connectivity index (χ0v) is 24.9. The summed E-state index contributed by atoms with van der Waals surface area (Å²) in [5.41, 5.74) is -4.80. The second-order valence-electron chi connectivity index (χ2n) is 7.61. The molecule has 0 aliphatic carbocycles. The summed E-state index contributed by atoms with van der Waals surface area (Å²) in [5, 5.41) is 2.80. The van der Waals surface area contributed by atoms with Crippen LogP contribution in [0, 0.1) is 0 Å². The van der Waals surface area contributed by atoms with Crippen molar-refractivity contribution in [3.63, 3.8) is 0 Å². The highest BCUT2D eigenvalue weighted by Crippen LogP contribution is 2.67. The molecule has 1 amide bonds. The van der Waals surface area contributed by atoms with Gasteiger partial charge in [-0.25, -0.2) is 4.79 Å². The monoisotopic (exact) mass is 599 g/mol. The van der Waals surface area contributed by atoms with Crippen molar-refractivity contribution in [1.29, 1.82) is 0 Å². The molecule has 2 rings (SSSR count). The van der Waals surface area contributed by atoms with E-state index in [1.165, 1.54) is 19.2 Å². The zero-order valence-electron chi connectivity index (χ0n) is 23.1. The van der Waals surface area contributed by atoms with Gasteiger partial charge >= 0.3 is 19.4 Å². The maximum atomic E-state index is 15.2. The molecule has 15 heteroatoms. The van der Waals surface area contributed by atoms with Crippen LogP contribution >= 0.6 is 18.9 Å². The van der Waals surface area contributed by atoms with Gasteiger partial charge in [0.2, 0.25) is 6.79 Å². The molecule has 39 heavy (non-hydrogen) atoms. The summed E-state index contributed by atoms with van der Waals surface area (Å²) >= 11 is 1.11. The highest BCUT2D eigenvalue weighted by Gasteiger charge is 2.55. The van der Waals surface area contributed by atoms with E-state index in [9.17, 15) is 18.9 Å². The molecule has 0 saturated heterocycles. The van der Waals surface area contributed by atoms with Crippen molar-refractivity contribution >= 4 is 47.6 Å². The van der Waals surface area contributed by atoms with Crippen LogP contribution in [0.4, 0.5) is 13.6 Å². The first-order valence-electron chi connectivity index (χ1n) is 11.8. The van der Waals surface area contributed by atoms with Crippen molar-refractivity contribution < 1.29 is 55.7 Å². The number of rotatable bonds is 12. The third-order valence-electron chi connectivity index (χ3n) is 4.06. The third kappa shape index (κ3) is 11.6. The van der Waals surface area contributed by atoms with E-state index in [4.69, 9.17) is 9.05 Å². The lowest BCUT2D eigenvalue weighted by Gasteiger charge is -2.26. The molecule has 0 fully saturated rings. The van der Waals surface area contributed by atoms with Crippen LogP contribution in [0.1, 0.15) is 56.8 Å². The SMILES string of the molecule is CC.CC(C)OC=O.CNC(=O)c1cc2cc(C(F)(F)P(=O)(OCOC)OCOC(=O)OC(C)C)ccc2s1. The van der Waals surface area contributed by atoms with E-state index >= 15 is 8.78 Å². The molecule has 1 heterocycles. The molecule has 2 aromatic rings. The standard InChI is InChI=1S/C18H22F2NO8PS.C4H8O2.C2H6/c1-11(2)29-17(23)26-10-28-30(24,27-9-25-4)18(19,20)13-5-6-14-12(7-13)8-15(31-14)16(22)21-3;1-4(2)6-3-5;1-2/h5-8,11H,9-10H2,1-4H3,(H,21,22);3-4H,1-2H3;1-2H3. The fourth-order valence-corrected chi connectivity index (χ4v) is 4.71. The minimum Gasteiger partial charge on any atom is -0.465 e.